The lowest BCUT2D eigenvalue weighted by atomic mass is 10.1. The number of pyridine rings is 1. The minimum Gasteiger partial charge on any atom is -0.473 e. The van der Waals surface area contributed by atoms with Crippen LogP contribution in [0.2, 0.25) is 0 Å². The number of halogens is 3. The second-order valence-electron chi connectivity index (χ2n) is 5.61. The predicted molar refractivity (Wildman–Crippen MR) is 93.9 cm³/mol. The largest absolute Gasteiger partial charge is 0.473 e. The van der Waals surface area contributed by atoms with Gasteiger partial charge in [0, 0.05) is 23.6 Å². The van der Waals surface area contributed by atoms with Crippen LogP contribution in [0.15, 0.2) is 47.8 Å². The Balaban J connectivity index is 1.78. The monoisotopic (exact) mass is 390 g/mol. The minimum atomic E-state index is -4.43. The van der Waals surface area contributed by atoms with Gasteiger partial charge < -0.3 is 9.47 Å². The van der Waals surface area contributed by atoms with Crippen LogP contribution in [0.4, 0.5) is 13.2 Å². The zero-order valence-corrected chi connectivity index (χ0v) is 14.9. The molecule has 4 nitrogen and oxygen atoms in total. The molecule has 0 atom stereocenters. The summed E-state index contributed by atoms with van der Waals surface area (Å²) in [7, 11) is 0. The molecule has 0 aliphatic carbocycles. The Kier molecular flexibility index (Phi) is 5.33. The lowest BCUT2D eigenvalue weighted by Gasteiger charge is -2.10. The van der Waals surface area contributed by atoms with Gasteiger partial charge in [0.15, 0.2) is 0 Å². The topological polar surface area (TPSA) is 55.1 Å². The molecular formula is C19H13F3N2O2S. The fourth-order valence-electron chi connectivity index (χ4n) is 2.24. The van der Waals surface area contributed by atoms with E-state index in [0.29, 0.717) is 11.3 Å². The summed E-state index contributed by atoms with van der Waals surface area (Å²) in [6.45, 7) is 2.19. The molecule has 3 aromatic rings. The maximum absolute atomic E-state index is 12.7. The normalized spacial score (nSPS) is 11.1. The molecule has 138 valence electrons. The molecule has 0 fully saturated rings. The van der Waals surface area contributed by atoms with E-state index in [1.165, 1.54) is 17.5 Å². The summed E-state index contributed by atoms with van der Waals surface area (Å²) in [5.74, 6) is 0.138. The van der Waals surface area contributed by atoms with E-state index in [-0.39, 0.29) is 29.7 Å². The summed E-state index contributed by atoms with van der Waals surface area (Å²) in [5, 5.41) is 10.4. The summed E-state index contributed by atoms with van der Waals surface area (Å²) < 4.78 is 49.1. The predicted octanol–water partition coefficient (Wildman–Crippen LogP) is 5.71. The van der Waals surface area contributed by atoms with Gasteiger partial charge in [0.1, 0.15) is 17.2 Å². The number of hydrogen-bond acceptors (Lipinski definition) is 5. The van der Waals surface area contributed by atoms with Crippen LogP contribution in [-0.2, 0) is 12.8 Å². The van der Waals surface area contributed by atoms with Crippen molar-refractivity contribution in [2.24, 2.45) is 0 Å². The Labute approximate surface area is 157 Å². The Bertz CT molecular complexity index is 993. The molecule has 0 saturated heterocycles. The minimum absolute atomic E-state index is 0.000214. The lowest BCUT2D eigenvalue weighted by molar-refractivity contribution is -0.134. The summed E-state index contributed by atoms with van der Waals surface area (Å²) in [5.41, 5.74) is 2.23. The fraction of sp³-hybridized carbons (Fsp3) is 0.158. The van der Waals surface area contributed by atoms with Crippen molar-refractivity contribution in [3.05, 3.63) is 69.4 Å². The molecule has 1 aromatic carbocycles. The first-order chi connectivity index (χ1) is 12.8. The van der Waals surface area contributed by atoms with Crippen LogP contribution < -0.4 is 9.47 Å². The highest BCUT2D eigenvalue weighted by Crippen LogP contribution is 2.37. The number of aryl methyl sites for hydroxylation is 1. The summed E-state index contributed by atoms with van der Waals surface area (Å²) in [6.07, 6.45) is -4.43. The molecule has 2 aromatic heterocycles. The number of aromatic nitrogens is 1. The van der Waals surface area contributed by atoms with Crippen molar-refractivity contribution in [2.75, 3.05) is 0 Å². The molecule has 3 rings (SSSR count). The number of alkyl halides is 3. The van der Waals surface area contributed by atoms with Crippen molar-refractivity contribution in [1.29, 1.82) is 5.26 Å². The van der Waals surface area contributed by atoms with Gasteiger partial charge in [-0.15, -0.1) is 11.3 Å². The maximum Gasteiger partial charge on any atom is 0.425 e. The van der Waals surface area contributed by atoms with Crippen molar-refractivity contribution in [1.82, 2.24) is 4.98 Å². The molecule has 0 bridgehead atoms. The number of rotatable bonds is 5. The van der Waals surface area contributed by atoms with Crippen molar-refractivity contribution < 1.29 is 22.6 Å². The quantitative estimate of drug-likeness (QED) is 0.560. The number of nitriles is 1. The zero-order chi connectivity index (χ0) is 19.4. The molecular weight excluding hydrogens is 377 g/mol. The summed E-state index contributed by atoms with van der Waals surface area (Å²) in [4.78, 5) is 3.35. The molecule has 0 radical (unpaired) electrons. The number of ether oxygens (including phenoxy) is 2. The standard InChI is InChI=1S/C19H13F3N2O2S/c1-12-4-2-3-5-14(12)10-25-17-6-13(9-23)7-18(24-17)26-15-8-16(27-11-15)19(20,21)22/h2-8,11H,10H2,1H3. The summed E-state index contributed by atoms with van der Waals surface area (Å²) >= 11 is 0.525. The van der Waals surface area contributed by atoms with Crippen molar-refractivity contribution in [2.45, 2.75) is 19.7 Å². The van der Waals surface area contributed by atoms with Crippen molar-refractivity contribution in [3.8, 4) is 23.6 Å². The maximum atomic E-state index is 12.7. The smallest absolute Gasteiger partial charge is 0.425 e. The van der Waals surface area contributed by atoms with E-state index in [1.54, 1.807) is 0 Å². The molecule has 0 saturated carbocycles. The van der Waals surface area contributed by atoms with Gasteiger partial charge in [-0.3, -0.25) is 0 Å². The second kappa shape index (κ2) is 7.68. The molecule has 0 aliphatic rings. The lowest BCUT2D eigenvalue weighted by Crippen LogP contribution is -2.01. The van der Waals surface area contributed by atoms with E-state index in [9.17, 15) is 13.2 Å². The van der Waals surface area contributed by atoms with E-state index in [1.807, 2.05) is 37.3 Å². The highest BCUT2D eigenvalue weighted by molar-refractivity contribution is 7.10. The first-order valence-corrected chi connectivity index (χ1v) is 8.66. The van der Waals surface area contributed by atoms with E-state index in [4.69, 9.17) is 14.7 Å². The Hall–Kier alpha value is -3.05. The zero-order valence-electron chi connectivity index (χ0n) is 14.1. The van der Waals surface area contributed by atoms with Gasteiger partial charge in [0.2, 0.25) is 11.8 Å². The van der Waals surface area contributed by atoms with Gasteiger partial charge in [0.05, 0.1) is 11.6 Å². The number of nitrogens with zero attached hydrogens (tertiary/aromatic N) is 2. The van der Waals surface area contributed by atoms with Crippen LogP contribution in [-0.4, -0.2) is 4.98 Å². The van der Waals surface area contributed by atoms with E-state index in [0.717, 1.165) is 17.2 Å². The molecule has 0 aliphatic heterocycles. The van der Waals surface area contributed by atoms with Crippen LogP contribution in [0, 0.1) is 18.3 Å². The van der Waals surface area contributed by atoms with Crippen molar-refractivity contribution >= 4 is 11.3 Å². The first-order valence-electron chi connectivity index (χ1n) is 7.78. The highest BCUT2D eigenvalue weighted by atomic mass is 32.1. The van der Waals surface area contributed by atoms with Gasteiger partial charge in [-0.1, -0.05) is 24.3 Å². The summed E-state index contributed by atoms with van der Waals surface area (Å²) in [6, 6.07) is 13.3. The van der Waals surface area contributed by atoms with E-state index < -0.39 is 11.1 Å². The van der Waals surface area contributed by atoms with Crippen LogP contribution >= 0.6 is 11.3 Å². The highest BCUT2D eigenvalue weighted by Gasteiger charge is 2.32. The first kappa shape index (κ1) is 18.7. The van der Waals surface area contributed by atoms with Crippen LogP contribution in [0.3, 0.4) is 0 Å². The van der Waals surface area contributed by atoms with Crippen molar-refractivity contribution in [3.63, 3.8) is 0 Å². The Morgan fingerprint density at radius 1 is 1.15 bits per heavy atom. The van der Waals surface area contributed by atoms with E-state index in [2.05, 4.69) is 4.98 Å². The van der Waals surface area contributed by atoms with Crippen LogP contribution in [0.25, 0.3) is 0 Å². The number of benzene rings is 1. The average molecular weight is 390 g/mol. The SMILES string of the molecule is Cc1ccccc1COc1cc(C#N)cc(Oc2csc(C(F)(F)F)c2)n1. The van der Waals surface area contributed by atoms with Gasteiger partial charge in [-0.05, 0) is 18.1 Å². The van der Waals surface area contributed by atoms with Gasteiger partial charge in [0.25, 0.3) is 0 Å². The molecule has 0 unspecified atom stereocenters. The Morgan fingerprint density at radius 2 is 1.89 bits per heavy atom. The molecule has 0 N–H and O–H groups in total. The molecule has 0 spiro atoms. The van der Waals surface area contributed by atoms with Gasteiger partial charge in [-0.2, -0.15) is 23.4 Å². The second-order valence-corrected chi connectivity index (χ2v) is 6.52. The average Bonchev–Trinajstić information content (AvgIpc) is 3.10. The molecule has 27 heavy (non-hydrogen) atoms. The number of hydrogen-bond donors (Lipinski definition) is 0. The molecule has 0 amide bonds. The Morgan fingerprint density at radius 3 is 2.56 bits per heavy atom. The molecule has 8 heteroatoms. The third-order valence-corrected chi connectivity index (χ3v) is 4.57. The third-order valence-electron chi connectivity index (χ3n) is 3.62. The fourth-order valence-corrected chi connectivity index (χ4v) is 2.91. The molecule has 2 heterocycles. The van der Waals surface area contributed by atoms with Crippen LogP contribution in [0.1, 0.15) is 21.6 Å². The van der Waals surface area contributed by atoms with Gasteiger partial charge in [-0.25, -0.2) is 0 Å². The number of thiophene rings is 1. The van der Waals surface area contributed by atoms with Crippen LogP contribution in [0.5, 0.6) is 17.5 Å². The van der Waals surface area contributed by atoms with E-state index >= 15 is 0 Å². The third kappa shape index (κ3) is 4.77. The van der Waals surface area contributed by atoms with Gasteiger partial charge >= 0.3 is 6.18 Å².